The maximum absolute atomic E-state index is 14.9. The van der Waals surface area contributed by atoms with Gasteiger partial charge in [0.05, 0.1) is 33.7 Å². The molecule has 0 saturated heterocycles. The van der Waals surface area contributed by atoms with E-state index in [1.807, 2.05) is 84.9 Å². The summed E-state index contributed by atoms with van der Waals surface area (Å²) < 4.78 is 57.4. The minimum atomic E-state index is -0.868. The van der Waals surface area contributed by atoms with E-state index in [9.17, 15) is 18.4 Å². The number of benzene rings is 6. The molecule has 0 bridgehead atoms. The number of ether oxygens (including phenoxy) is 5. The summed E-state index contributed by atoms with van der Waals surface area (Å²) in [7, 11) is 3.14. The number of aliphatic carboxylic acids is 1. The standard InChI is InChI=1S/C31H35FO4.C29H31FO4/c1-7-22(18-30(33)35-8-2)23-10-12-24(13-11-23)36-20-21-9-15-28(31(3,4)5)26(17-21)27-19-25(34-6)14-16-29(27)32;1-6-20(16-28(31)32)21-8-10-22(11-9-21)34-18-19-7-13-26(29(2,3)4)24(15-19)25-17-23(33-5)12-14-27(25)30/h7,9-17,19,22H,1,8,18,20H2,2-6H3;6-15,17,20H,1,16,18H2,2-5H3,(H,31,32)/t22-;20-/m00/s1. The van der Waals surface area contributed by atoms with Crippen LogP contribution in [0.5, 0.6) is 23.0 Å². The summed E-state index contributed by atoms with van der Waals surface area (Å²) in [6, 6.07) is 36.5. The van der Waals surface area contributed by atoms with Crippen LogP contribution in [0.25, 0.3) is 22.3 Å². The van der Waals surface area contributed by atoms with Gasteiger partial charge in [-0.25, -0.2) is 8.78 Å². The number of methoxy groups -OCH3 is 2. The predicted molar refractivity (Wildman–Crippen MR) is 275 cm³/mol. The molecule has 0 aliphatic carbocycles. The summed E-state index contributed by atoms with van der Waals surface area (Å²) in [5.41, 5.74) is 8.01. The highest BCUT2D eigenvalue weighted by molar-refractivity contribution is 5.73. The average Bonchev–Trinajstić information content (AvgIpc) is 3.33. The normalized spacial score (nSPS) is 12.1. The van der Waals surface area contributed by atoms with Crippen molar-refractivity contribution in [3.05, 3.63) is 192 Å². The van der Waals surface area contributed by atoms with E-state index >= 15 is 0 Å². The molecule has 1 N–H and O–H groups in total. The number of hydrogen-bond donors (Lipinski definition) is 1. The van der Waals surface area contributed by atoms with Crippen molar-refractivity contribution in [1.29, 1.82) is 0 Å². The van der Waals surface area contributed by atoms with Crippen molar-refractivity contribution in [3.63, 3.8) is 0 Å². The van der Waals surface area contributed by atoms with Gasteiger partial charge in [-0.05, 0) is 135 Å². The van der Waals surface area contributed by atoms with Crippen molar-refractivity contribution >= 4 is 11.9 Å². The van der Waals surface area contributed by atoms with Crippen LogP contribution in [0, 0.1) is 11.6 Å². The zero-order chi connectivity index (χ0) is 51.2. The molecule has 6 aromatic carbocycles. The number of carboxylic acids is 1. The minimum absolute atomic E-state index is 0.00651. The average molecular weight is 953 g/mol. The second-order valence-corrected chi connectivity index (χ2v) is 19.0. The minimum Gasteiger partial charge on any atom is -0.497 e. The Balaban J connectivity index is 0.000000261. The number of carbonyl (C=O) groups is 2. The second-order valence-electron chi connectivity index (χ2n) is 19.0. The van der Waals surface area contributed by atoms with Crippen molar-refractivity contribution in [2.75, 3.05) is 20.8 Å². The van der Waals surface area contributed by atoms with Crippen LogP contribution in [0.3, 0.4) is 0 Å². The van der Waals surface area contributed by atoms with E-state index in [0.29, 0.717) is 53.9 Å². The van der Waals surface area contributed by atoms with Crippen LogP contribution in [0.2, 0.25) is 0 Å². The van der Waals surface area contributed by atoms with E-state index in [0.717, 1.165) is 44.5 Å². The van der Waals surface area contributed by atoms with Crippen molar-refractivity contribution in [2.45, 2.75) is 97.2 Å². The number of carboxylic acid groups (broad SMARTS) is 1. The molecule has 0 fully saturated rings. The predicted octanol–water partition coefficient (Wildman–Crippen LogP) is 14.7. The van der Waals surface area contributed by atoms with Gasteiger partial charge in [-0.15, -0.1) is 13.2 Å². The Morgan fingerprint density at radius 3 is 1.29 bits per heavy atom. The topological polar surface area (TPSA) is 101 Å². The largest absolute Gasteiger partial charge is 0.497 e. The summed E-state index contributed by atoms with van der Waals surface area (Å²) in [5.74, 6) is 0.472. The van der Waals surface area contributed by atoms with Crippen LogP contribution in [0.1, 0.15) is 107 Å². The number of rotatable bonds is 19. The number of hydrogen-bond acceptors (Lipinski definition) is 7. The third-order valence-electron chi connectivity index (χ3n) is 11.8. The maximum atomic E-state index is 14.9. The van der Waals surface area contributed by atoms with Crippen LogP contribution in [0.15, 0.2) is 147 Å². The summed E-state index contributed by atoms with van der Waals surface area (Å²) >= 11 is 0. The number of allylic oxidation sites excluding steroid dienone is 2. The Kier molecular flexibility index (Phi) is 18.7. The Bertz CT molecular complexity index is 2730. The van der Waals surface area contributed by atoms with Gasteiger partial charge in [-0.2, -0.15) is 0 Å². The van der Waals surface area contributed by atoms with Crippen molar-refractivity contribution in [3.8, 4) is 45.3 Å². The van der Waals surface area contributed by atoms with Gasteiger partial charge < -0.3 is 28.8 Å². The van der Waals surface area contributed by atoms with Gasteiger partial charge in [0.1, 0.15) is 47.8 Å². The monoisotopic (exact) mass is 952 g/mol. The van der Waals surface area contributed by atoms with Crippen LogP contribution in [0.4, 0.5) is 8.78 Å². The molecule has 8 nitrogen and oxygen atoms in total. The van der Waals surface area contributed by atoms with Crippen molar-refractivity contribution in [2.24, 2.45) is 0 Å². The molecular weight excluding hydrogens is 887 g/mol. The van der Waals surface area contributed by atoms with Gasteiger partial charge in [0.25, 0.3) is 0 Å². The summed E-state index contributed by atoms with van der Waals surface area (Å²) in [6.45, 7) is 23.0. The lowest BCUT2D eigenvalue weighted by Crippen LogP contribution is -2.13. The molecule has 6 rings (SSSR count). The number of halogens is 2. The molecule has 0 saturated carbocycles. The Morgan fingerprint density at radius 2 is 0.943 bits per heavy atom. The Labute approximate surface area is 412 Å². The third kappa shape index (κ3) is 14.7. The molecule has 0 unspecified atom stereocenters. The molecule has 10 heteroatoms. The summed E-state index contributed by atoms with van der Waals surface area (Å²) in [5, 5.41) is 9.06. The fourth-order valence-corrected chi connectivity index (χ4v) is 8.01. The summed E-state index contributed by atoms with van der Waals surface area (Å²) in [6.07, 6.45) is 3.64. The summed E-state index contributed by atoms with van der Waals surface area (Å²) in [4.78, 5) is 22.9. The molecule has 0 aliphatic rings. The molecule has 2 atom stereocenters. The van der Waals surface area contributed by atoms with Crippen LogP contribution < -0.4 is 18.9 Å². The highest BCUT2D eigenvalue weighted by Crippen LogP contribution is 2.39. The molecule has 6 aromatic rings. The smallest absolute Gasteiger partial charge is 0.306 e. The number of carbonyl (C=O) groups excluding carboxylic acids is 1. The zero-order valence-corrected chi connectivity index (χ0v) is 41.9. The first-order valence-corrected chi connectivity index (χ1v) is 23.3. The lowest BCUT2D eigenvalue weighted by Gasteiger charge is -2.24. The highest BCUT2D eigenvalue weighted by Gasteiger charge is 2.24. The molecule has 0 spiro atoms. The Hall–Kier alpha value is -7.20. The van der Waals surface area contributed by atoms with E-state index in [-0.39, 0.29) is 53.1 Å². The molecular formula is C60H66F2O8. The van der Waals surface area contributed by atoms with Crippen LogP contribution in [-0.4, -0.2) is 37.9 Å². The SMILES string of the molecule is C=C[C@@H](CC(=O)O)c1ccc(OCc2ccc(C(C)(C)C)c(-c3cc(OC)ccc3F)c2)cc1.C=C[C@@H](CC(=O)OCC)c1ccc(OCc2ccc(C(C)(C)C)c(-c3cc(OC)ccc3F)c2)cc1. The van der Waals surface area contributed by atoms with Crippen LogP contribution >= 0.6 is 0 Å². The second kappa shape index (κ2) is 24.4. The molecule has 0 radical (unpaired) electrons. The molecule has 0 amide bonds. The van der Waals surface area contributed by atoms with E-state index in [2.05, 4.69) is 54.7 Å². The van der Waals surface area contributed by atoms with Gasteiger partial charge in [0.15, 0.2) is 0 Å². The van der Waals surface area contributed by atoms with Gasteiger partial charge in [-0.1, -0.05) is 102 Å². The first-order chi connectivity index (χ1) is 33.3. The first kappa shape index (κ1) is 53.8. The molecule has 0 heterocycles. The fraction of sp³-hybridized carbons (Fsp3) is 0.300. The lowest BCUT2D eigenvalue weighted by molar-refractivity contribution is -0.143. The van der Waals surface area contributed by atoms with Gasteiger partial charge >= 0.3 is 11.9 Å². The molecule has 70 heavy (non-hydrogen) atoms. The maximum Gasteiger partial charge on any atom is 0.306 e. The quantitative estimate of drug-likeness (QED) is 0.0633. The van der Waals surface area contributed by atoms with Crippen LogP contribution in [-0.2, 0) is 38.4 Å². The van der Waals surface area contributed by atoms with E-state index < -0.39 is 5.97 Å². The van der Waals surface area contributed by atoms with E-state index in [1.54, 1.807) is 57.6 Å². The van der Waals surface area contributed by atoms with E-state index in [4.69, 9.17) is 28.8 Å². The molecule has 0 aliphatic heterocycles. The molecule has 368 valence electrons. The highest BCUT2D eigenvalue weighted by atomic mass is 19.1. The zero-order valence-electron chi connectivity index (χ0n) is 41.9. The van der Waals surface area contributed by atoms with Crippen molar-refractivity contribution in [1.82, 2.24) is 0 Å². The first-order valence-electron chi connectivity index (χ1n) is 23.3. The van der Waals surface area contributed by atoms with E-state index in [1.165, 1.54) is 12.1 Å². The fourth-order valence-electron chi connectivity index (χ4n) is 8.01. The molecule has 0 aromatic heterocycles. The third-order valence-corrected chi connectivity index (χ3v) is 11.8. The lowest BCUT2D eigenvalue weighted by atomic mass is 9.81. The Morgan fingerprint density at radius 1 is 0.557 bits per heavy atom. The van der Waals surface area contributed by atoms with Gasteiger partial charge in [-0.3, -0.25) is 9.59 Å². The van der Waals surface area contributed by atoms with Gasteiger partial charge in [0.2, 0.25) is 0 Å². The van der Waals surface area contributed by atoms with Crippen molar-refractivity contribution < 1.29 is 47.2 Å². The number of esters is 1. The van der Waals surface area contributed by atoms with Gasteiger partial charge in [0, 0.05) is 23.0 Å².